The molecule has 7 heteroatoms. The molecule has 160 valence electrons. The molecule has 1 unspecified atom stereocenters. The Hall–Kier alpha value is -3.09. The molecule has 1 amide bonds. The zero-order valence-corrected chi connectivity index (χ0v) is 17.9. The van der Waals surface area contributed by atoms with Crippen LogP contribution in [0.4, 0.5) is 4.79 Å². The second kappa shape index (κ2) is 8.73. The minimum absolute atomic E-state index is 0.292. The molecule has 0 radical (unpaired) electrons. The van der Waals surface area contributed by atoms with Gasteiger partial charge < -0.3 is 14.7 Å². The predicted molar refractivity (Wildman–Crippen MR) is 114 cm³/mol. The van der Waals surface area contributed by atoms with Gasteiger partial charge in [0.25, 0.3) is 0 Å². The van der Waals surface area contributed by atoms with Crippen LogP contribution >= 0.6 is 0 Å². The number of H-pyrrole nitrogens is 1. The SMILES string of the molecule is CC(C(=O)O)c1cc(C(=C2CCN(C(=O)OC(C)(C)C)CC2)c2ccccc2)n[nH]1. The van der Waals surface area contributed by atoms with Gasteiger partial charge in [0.05, 0.1) is 11.6 Å². The van der Waals surface area contributed by atoms with Crippen LogP contribution in [0.2, 0.25) is 0 Å². The van der Waals surface area contributed by atoms with Crippen LogP contribution in [0.5, 0.6) is 0 Å². The van der Waals surface area contributed by atoms with E-state index in [1.165, 1.54) is 5.57 Å². The Bertz CT molecular complexity index is 931. The predicted octanol–water partition coefficient (Wildman–Crippen LogP) is 4.43. The molecule has 1 aliphatic heterocycles. The van der Waals surface area contributed by atoms with E-state index in [0.717, 1.165) is 16.8 Å². The van der Waals surface area contributed by atoms with E-state index in [2.05, 4.69) is 10.2 Å². The summed E-state index contributed by atoms with van der Waals surface area (Å²) in [4.78, 5) is 25.5. The molecular weight excluding hydrogens is 382 g/mol. The largest absolute Gasteiger partial charge is 0.481 e. The van der Waals surface area contributed by atoms with Crippen molar-refractivity contribution in [1.29, 1.82) is 0 Å². The van der Waals surface area contributed by atoms with Crippen molar-refractivity contribution in [2.45, 2.75) is 52.1 Å². The van der Waals surface area contributed by atoms with E-state index in [1.54, 1.807) is 11.8 Å². The Morgan fingerprint density at radius 1 is 1.17 bits per heavy atom. The number of carboxylic acids is 1. The number of piperidine rings is 1. The van der Waals surface area contributed by atoms with Gasteiger partial charge in [-0.2, -0.15) is 5.10 Å². The second-order valence-electron chi connectivity index (χ2n) is 8.58. The molecule has 3 rings (SSSR count). The van der Waals surface area contributed by atoms with Crippen molar-refractivity contribution < 1.29 is 19.4 Å². The second-order valence-corrected chi connectivity index (χ2v) is 8.58. The Morgan fingerprint density at radius 3 is 2.37 bits per heavy atom. The van der Waals surface area contributed by atoms with Crippen LogP contribution in [0.3, 0.4) is 0 Å². The first-order valence-corrected chi connectivity index (χ1v) is 10.2. The summed E-state index contributed by atoms with van der Waals surface area (Å²) in [6.45, 7) is 8.37. The van der Waals surface area contributed by atoms with Crippen molar-refractivity contribution in [2.75, 3.05) is 13.1 Å². The van der Waals surface area contributed by atoms with E-state index in [0.29, 0.717) is 31.6 Å². The van der Waals surface area contributed by atoms with Crippen molar-refractivity contribution in [3.63, 3.8) is 0 Å². The molecule has 2 aromatic rings. The number of carbonyl (C=O) groups excluding carboxylic acids is 1. The number of amides is 1. The highest BCUT2D eigenvalue weighted by Gasteiger charge is 2.27. The maximum atomic E-state index is 12.4. The van der Waals surface area contributed by atoms with Crippen LogP contribution in [-0.2, 0) is 9.53 Å². The van der Waals surface area contributed by atoms with Crippen molar-refractivity contribution >= 4 is 17.6 Å². The minimum atomic E-state index is -0.898. The Kier molecular flexibility index (Phi) is 6.29. The molecule has 7 nitrogen and oxygen atoms in total. The van der Waals surface area contributed by atoms with E-state index in [4.69, 9.17) is 4.74 Å². The van der Waals surface area contributed by atoms with Crippen molar-refractivity contribution in [2.24, 2.45) is 0 Å². The van der Waals surface area contributed by atoms with Crippen molar-refractivity contribution in [3.8, 4) is 0 Å². The smallest absolute Gasteiger partial charge is 0.410 e. The van der Waals surface area contributed by atoms with Crippen molar-refractivity contribution in [1.82, 2.24) is 15.1 Å². The summed E-state index contributed by atoms with van der Waals surface area (Å²) >= 11 is 0. The average molecular weight is 412 g/mol. The zero-order chi connectivity index (χ0) is 21.9. The molecule has 1 aromatic heterocycles. The first-order valence-electron chi connectivity index (χ1n) is 10.2. The summed E-state index contributed by atoms with van der Waals surface area (Å²) in [7, 11) is 0. The van der Waals surface area contributed by atoms with Crippen LogP contribution in [0.15, 0.2) is 42.0 Å². The van der Waals surface area contributed by atoms with Gasteiger partial charge in [-0.15, -0.1) is 0 Å². The molecule has 1 saturated heterocycles. The van der Waals surface area contributed by atoms with Gasteiger partial charge in [-0.3, -0.25) is 9.89 Å². The highest BCUT2D eigenvalue weighted by Crippen LogP contribution is 2.32. The van der Waals surface area contributed by atoms with Gasteiger partial charge >= 0.3 is 12.1 Å². The topological polar surface area (TPSA) is 95.5 Å². The monoisotopic (exact) mass is 411 g/mol. The minimum Gasteiger partial charge on any atom is -0.481 e. The summed E-state index contributed by atoms with van der Waals surface area (Å²) in [5.74, 6) is -1.56. The zero-order valence-electron chi connectivity index (χ0n) is 17.9. The number of aromatic nitrogens is 2. The number of hydrogen-bond donors (Lipinski definition) is 2. The number of carbonyl (C=O) groups is 2. The molecule has 1 fully saturated rings. The Morgan fingerprint density at radius 2 is 1.80 bits per heavy atom. The van der Waals surface area contributed by atoms with Crippen LogP contribution in [0.25, 0.3) is 5.57 Å². The van der Waals surface area contributed by atoms with E-state index in [-0.39, 0.29) is 6.09 Å². The maximum absolute atomic E-state index is 12.4. The summed E-state index contributed by atoms with van der Waals surface area (Å²) in [5.41, 5.74) is 4.00. The molecule has 1 atom stereocenters. The molecule has 1 aromatic carbocycles. The third kappa shape index (κ3) is 5.09. The van der Waals surface area contributed by atoms with E-state index >= 15 is 0 Å². The lowest BCUT2D eigenvalue weighted by atomic mass is 9.90. The van der Waals surface area contributed by atoms with Gasteiger partial charge in [-0.05, 0) is 52.2 Å². The third-order valence-corrected chi connectivity index (χ3v) is 5.13. The number of likely N-dealkylation sites (tertiary alicyclic amines) is 1. The van der Waals surface area contributed by atoms with E-state index in [9.17, 15) is 14.7 Å². The number of hydrogen-bond acceptors (Lipinski definition) is 4. The molecular formula is C23H29N3O4. The number of nitrogens with zero attached hydrogens (tertiary/aromatic N) is 2. The van der Waals surface area contributed by atoms with Crippen molar-refractivity contribution in [3.05, 3.63) is 58.9 Å². The summed E-state index contributed by atoms with van der Waals surface area (Å²) in [5, 5.41) is 16.6. The lowest BCUT2D eigenvalue weighted by Crippen LogP contribution is -2.40. The number of carboxylic acid groups (broad SMARTS) is 1. The molecule has 0 saturated carbocycles. The summed E-state index contributed by atoms with van der Waals surface area (Å²) in [6, 6.07) is 11.8. The van der Waals surface area contributed by atoms with Gasteiger partial charge in [0, 0.05) is 24.4 Å². The van der Waals surface area contributed by atoms with Crippen LogP contribution < -0.4 is 0 Å². The van der Waals surface area contributed by atoms with Crippen LogP contribution in [0, 0.1) is 0 Å². The number of aliphatic carboxylic acids is 1. The number of benzene rings is 1. The number of ether oxygens (including phenoxy) is 1. The summed E-state index contributed by atoms with van der Waals surface area (Å²) in [6.07, 6.45) is 1.13. The lowest BCUT2D eigenvalue weighted by Gasteiger charge is -2.31. The highest BCUT2D eigenvalue weighted by atomic mass is 16.6. The first-order chi connectivity index (χ1) is 14.2. The van der Waals surface area contributed by atoms with Gasteiger partial charge in [-0.25, -0.2) is 4.79 Å². The number of aromatic amines is 1. The first kappa shape index (κ1) is 21.6. The normalized spacial score (nSPS) is 15.6. The molecule has 2 heterocycles. The van der Waals surface area contributed by atoms with Gasteiger partial charge in [0.2, 0.25) is 0 Å². The fraction of sp³-hybridized carbons (Fsp3) is 0.435. The quantitative estimate of drug-likeness (QED) is 0.776. The van der Waals surface area contributed by atoms with E-state index < -0.39 is 17.5 Å². The molecule has 0 spiro atoms. The Labute approximate surface area is 176 Å². The molecule has 0 bridgehead atoms. The fourth-order valence-corrected chi connectivity index (χ4v) is 3.49. The highest BCUT2D eigenvalue weighted by molar-refractivity contribution is 5.82. The number of rotatable bonds is 4. The van der Waals surface area contributed by atoms with Crippen LogP contribution in [-0.4, -0.2) is 51.0 Å². The van der Waals surface area contributed by atoms with Gasteiger partial charge in [0.1, 0.15) is 5.60 Å². The van der Waals surface area contributed by atoms with Crippen LogP contribution in [0.1, 0.15) is 63.4 Å². The maximum Gasteiger partial charge on any atom is 0.410 e. The van der Waals surface area contributed by atoms with E-state index in [1.807, 2.05) is 57.2 Å². The molecule has 0 aliphatic carbocycles. The number of nitrogens with one attached hydrogen (secondary N) is 1. The summed E-state index contributed by atoms with van der Waals surface area (Å²) < 4.78 is 5.49. The Balaban J connectivity index is 1.89. The standard InChI is InChI=1S/C23H29N3O4/c1-15(21(27)28)18-14-19(25-24-18)20(16-8-6-5-7-9-16)17-10-12-26(13-11-17)22(29)30-23(2,3)4/h5-9,14-15H,10-13H2,1-4H3,(H,24,25)(H,27,28). The molecule has 2 N–H and O–H groups in total. The average Bonchev–Trinajstić information content (AvgIpc) is 3.17. The molecule has 30 heavy (non-hydrogen) atoms. The van der Waals surface area contributed by atoms with Gasteiger partial charge in [0.15, 0.2) is 0 Å². The van der Waals surface area contributed by atoms with Gasteiger partial charge in [-0.1, -0.05) is 35.9 Å². The third-order valence-electron chi connectivity index (χ3n) is 5.13. The molecule has 1 aliphatic rings. The lowest BCUT2D eigenvalue weighted by molar-refractivity contribution is -0.138. The fourth-order valence-electron chi connectivity index (χ4n) is 3.49.